The number of hydrogen-bond acceptors (Lipinski definition) is 3. The van der Waals surface area contributed by atoms with Gasteiger partial charge in [-0.3, -0.25) is 4.79 Å². The molecule has 0 radical (unpaired) electrons. The monoisotopic (exact) mass is 262 g/mol. The molecule has 1 fully saturated rings. The average molecular weight is 262 g/mol. The van der Waals surface area contributed by atoms with Gasteiger partial charge >= 0.3 is 0 Å². The lowest BCUT2D eigenvalue weighted by atomic mass is 10.0. The molecule has 19 heavy (non-hydrogen) atoms. The number of hydrogen-bond donors (Lipinski definition) is 2. The average Bonchev–Trinajstić information content (AvgIpc) is 2.42. The third-order valence-electron chi connectivity index (χ3n) is 3.65. The van der Waals surface area contributed by atoms with Crippen molar-refractivity contribution in [1.29, 1.82) is 0 Å². The zero-order valence-electron chi connectivity index (χ0n) is 11.6. The van der Waals surface area contributed by atoms with Gasteiger partial charge in [0.2, 0.25) is 0 Å². The van der Waals surface area contributed by atoms with E-state index in [9.17, 15) is 9.90 Å². The highest BCUT2D eigenvalue weighted by atomic mass is 16.3. The number of phenols is 1. The summed E-state index contributed by atoms with van der Waals surface area (Å²) in [4.78, 5) is 14.3. The van der Waals surface area contributed by atoms with E-state index >= 15 is 0 Å². The predicted octanol–water partition coefficient (Wildman–Crippen LogP) is 1.91. The van der Waals surface area contributed by atoms with Gasteiger partial charge in [-0.1, -0.05) is 6.92 Å². The summed E-state index contributed by atoms with van der Waals surface area (Å²) >= 11 is 0. The number of carbonyl (C=O) groups excluding carboxylic acids is 1. The van der Waals surface area contributed by atoms with Crippen LogP contribution < -0.4 is 5.32 Å². The molecule has 1 unspecified atom stereocenters. The Morgan fingerprint density at radius 3 is 3.00 bits per heavy atom. The minimum Gasteiger partial charge on any atom is -0.508 e. The molecule has 0 aromatic heterocycles. The van der Waals surface area contributed by atoms with Crippen molar-refractivity contribution in [2.24, 2.45) is 0 Å². The van der Waals surface area contributed by atoms with Crippen LogP contribution in [0.2, 0.25) is 0 Å². The number of phenolic OH excluding ortho intramolecular Hbond substituents is 1. The van der Waals surface area contributed by atoms with Crippen LogP contribution in [0.25, 0.3) is 0 Å². The number of aryl methyl sites for hydroxylation is 1. The Balaban J connectivity index is 2.08. The number of piperidine rings is 1. The van der Waals surface area contributed by atoms with E-state index in [1.165, 1.54) is 0 Å². The fourth-order valence-electron chi connectivity index (χ4n) is 2.59. The molecule has 0 saturated carbocycles. The zero-order valence-corrected chi connectivity index (χ0v) is 11.6. The molecule has 0 spiro atoms. The molecular formula is C15H22N2O2. The van der Waals surface area contributed by atoms with Gasteiger partial charge in [-0.15, -0.1) is 0 Å². The van der Waals surface area contributed by atoms with Crippen LogP contribution in [0.4, 0.5) is 0 Å². The van der Waals surface area contributed by atoms with Crippen molar-refractivity contribution in [3.63, 3.8) is 0 Å². The minimum absolute atomic E-state index is 0.0608. The van der Waals surface area contributed by atoms with Gasteiger partial charge in [-0.05, 0) is 50.1 Å². The molecule has 104 valence electrons. The lowest BCUT2D eigenvalue weighted by Gasteiger charge is -2.33. The molecule has 1 saturated heterocycles. The van der Waals surface area contributed by atoms with Crippen molar-refractivity contribution in [3.8, 4) is 5.75 Å². The Kier molecular flexibility index (Phi) is 4.43. The maximum atomic E-state index is 12.4. The maximum absolute atomic E-state index is 12.4. The minimum atomic E-state index is 0.0608. The third kappa shape index (κ3) is 3.26. The normalized spacial score (nSPS) is 19.5. The van der Waals surface area contributed by atoms with E-state index in [0.717, 1.165) is 38.0 Å². The van der Waals surface area contributed by atoms with E-state index in [1.807, 2.05) is 11.8 Å². The van der Waals surface area contributed by atoms with Gasteiger partial charge in [-0.25, -0.2) is 0 Å². The number of benzene rings is 1. The summed E-state index contributed by atoms with van der Waals surface area (Å²) in [6, 6.07) is 5.45. The predicted molar refractivity (Wildman–Crippen MR) is 75.4 cm³/mol. The van der Waals surface area contributed by atoms with Gasteiger partial charge in [0, 0.05) is 24.7 Å². The fraction of sp³-hybridized carbons (Fsp3) is 0.533. The molecular weight excluding hydrogens is 240 g/mol. The summed E-state index contributed by atoms with van der Waals surface area (Å²) in [5, 5.41) is 12.9. The largest absolute Gasteiger partial charge is 0.508 e. The molecule has 2 rings (SSSR count). The smallest absolute Gasteiger partial charge is 0.253 e. The first-order valence-corrected chi connectivity index (χ1v) is 6.94. The lowest BCUT2D eigenvalue weighted by Crippen LogP contribution is -2.47. The highest BCUT2D eigenvalue weighted by Gasteiger charge is 2.24. The van der Waals surface area contributed by atoms with E-state index in [1.54, 1.807) is 18.2 Å². The summed E-state index contributed by atoms with van der Waals surface area (Å²) in [6.45, 7) is 6.42. The standard InChI is InChI=1S/C15H22N2O2/c1-3-16-13-5-4-8-17(10-13)15(19)12-6-7-14(18)11(2)9-12/h6-7,9,13,16,18H,3-5,8,10H2,1-2H3. The molecule has 2 N–H and O–H groups in total. The summed E-state index contributed by atoms with van der Waals surface area (Å²) < 4.78 is 0. The number of aromatic hydroxyl groups is 1. The molecule has 0 bridgehead atoms. The van der Waals surface area contributed by atoms with Crippen molar-refractivity contribution in [2.45, 2.75) is 32.7 Å². The second kappa shape index (κ2) is 6.06. The van der Waals surface area contributed by atoms with Crippen LogP contribution in [0.15, 0.2) is 18.2 Å². The molecule has 0 aliphatic carbocycles. The van der Waals surface area contributed by atoms with Crippen LogP contribution in [0.3, 0.4) is 0 Å². The molecule has 4 nitrogen and oxygen atoms in total. The molecule has 4 heteroatoms. The Morgan fingerprint density at radius 2 is 2.32 bits per heavy atom. The van der Waals surface area contributed by atoms with Crippen LogP contribution in [-0.2, 0) is 0 Å². The first-order valence-electron chi connectivity index (χ1n) is 6.94. The first kappa shape index (κ1) is 13.9. The van der Waals surface area contributed by atoms with Crippen LogP contribution in [0.1, 0.15) is 35.7 Å². The number of nitrogens with one attached hydrogen (secondary N) is 1. The van der Waals surface area contributed by atoms with Crippen molar-refractivity contribution in [1.82, 2.24) is 10.2 Å². The Bertz CT molecular complexity index is 457. The number of rotatable bonds is 3. The second-order valence-corrected chi connectivity index (χ2v) is 5.15. The van der Waals surface area contributed by atoms with Gasteiger partial charge in [0.05, 0.1) is 0 Å². The molecule has 1 aromatic rings. The number of likely N-dealkylation sites (tertiary alicyclic amines) is 1. The van der Waals surface area contributed by atoms with E-state index in [2.05, 4.69) is 12.2 Å². The highest BCUT2D eigenvalue weighted by Crippen LogP contribution is 2.19. The molecule has 1 atom stereocenters. The van der Waals surface area contributed by atoms with Crippen molar-refractivity contribution in [3.05, 3.63) is 29.3 Å². The third-order valence-corrected chi connectivity index (χ3v) is 3.65. The number of nitrogens with zero attached hydrogens (tertiary/aromatic N) is 1. The number of amides is 1. The Labute approximate surface area is 114 Å². The van der Waals surface area contributed by atoms with E-state index in [-0.39, 0.29) is 11.7 Å². The van der Waals surface area contributed by atoms with Gasteiger partial charge < -0.3 is 15.3 Å². The molecule has 1 aromatic carbocycles. The summed E-state index contributed by atoms with van der Waals surface area (Å²) in [7, 11) is 0. The van der Waals surface area contributed by atoms with Crippen molar-refractivity contribution >= 4 is 5.91 Å². The van der Waals surface area contributed by atoms with Gasteiger partial charge in [0.25, 0.3) is 5.91 Å². The number of carbonyl (C=O) groups is 1. The van der Waals surface area contributed by atoms with Gasteiger partial charge in [-0.2, -0.15) is 0 Å². The van der Waals surface area contributed by atoms with Crippen LogP contribution >= 0.6 is 0 Å². The second-order valence-electron chi connectivity index (χ2n) is 5.15. The van der Waals surface area contributed by atoms with E-state index in [4.69, 9.17) is 0 Å². The zero-order chi connectivity index (χ0) is 13.8. The van der Waals surface area contributed by atoms with Crippen molar-refractivity contribution in [2.75, 3.05) is 19.6 Å². The Morgan fingerprint density at radius 1 is 1.53 bits per heavy atom. The SMILES string of the molecule is CCNC1CCCN(C(=O)c2ccc(O)c(C)c2)C1. The van der Waals surface area contributed by atoms with Crippen LogP contribution in [-0.4, -0.2) is 41.6 Å². The van der Waals surface area contributed by atoms with Crippen molar-refractivity contribution < 1.29 is 9.90 Å². The molecule has 1 amide bonds. The highest BCUT2D eigenvalue weighted by molar-refractivity contribution is 5.94. The molecule has 1 aliphatic heterocycles. The topological polar surface area (TPSA) is 52.6 Å². The molecule has 1 heterocycles. The Hall–Kier alpha value is -1.55. The maximum Gasteiger partial charge on any atom is 0.253 e. The first-order chi connectivity index (χ1) is 9.11. The summed E-state index contributed by atoms with van der Waals surface area (Å²) in [6.07, 6.45) is 2.17. The van der Waals surface area contributed by atoms with Crippen LogP contribution in [0.5, 0.6) is 5.75 Å². The van der Waals surface area contributed by atoms with Gasteiger partial charge in [0.15, 0.2) is 0 Å². The van der Waals surface area contributed by atoms with Crippen LogP contribution in [0, 0.1) is 6.92 Å². The van der Waals surface area contributed by atoms with E-state index in [0.29, 0.717) is 11.6 Å². The fourth-order valence-corrected chi connectivity index (χ4v) is 2.59. The van der Waals surface area contributed by atoms with E-state index < -0.39 is 0 Å². The quantitative estimate of drug-likeness (QED) is 0.875. The lowest BCUT2D eigenvalue weighted by molar-refractivity contribution is 0.0695. The number of likely N-dealkylation sites (N-methyl/N-ethyl adjacent to an activating group) is 1. The molecule has 1 aliphatic rings. The summed E-state index contributed by atoms with van der Waals surface area (Å²) in [5.74, 6) is 0.298. The van der Waals surface area contributed by atoms with Gasteiger partial charge in [0.1, 0.15) is 5.75 Å². The summed E-state index contributed by atoms with van der Waals surface area (Å²) in [5.41, 5.74) is 1.40.